The molecule has 0 bridgehead atoms. The summed E-state index contributed by atoms with van der Waals surface area (Å²) in [5.41, 5.74) is 3.21. The zero-order valence-electron chi connectivity index (χ0n) is 12.4. The summed E-state index contributed by atoms with van der Waals surface area (Å²) in [6.45, 7) is 0. The maximum absolute atomic E-state index is 12.6. The molecule has 4 rings (SSSR count). The molecule has 0 fully saturated rings. The van der Waals surface area contributed by atoms with Crippen LogP contribution in [0.1, 0.15) is 37.2 Å². The van der Waals surface area contributed by atoms with Gasteiger partial charge in [-0.3, -0.25) is 4.79 Å². The smallest absolute Gasteiger partial charge is 0.177 e. The van der Waals surface area contributed by atoms with Crippen molar-refractivity contribution >= 4 is 31.6 Å². The van der Waals surface area contributed by atoms with E-state index in [0.29, 0.717) is 23.3 Å². The topological polar surface area (TPSA) is 63.2 Å². The molecule has 0 spiro atoms. The van der Waals surface area contributed by atoms with E-state index in [-0.39, 0.29) is 11.5 Å². The van der Waals surface area contributed by atoms with E-state index in [1.54, 1.807) is 0 Å². The second-order valence-corrected chi connectivity index (χ2v) is 9.19. The van der Waals surface area contributed by atoms with Crippen molar-refractivity contribution in [3.63, 3.8) is 0 Å². The van der Waals surface area contributed by atoms with Crippen LogP contribution in [0, 0.1) is 0 Å². The summed E-state index contributed by atoms with van der Waals surface area (Å²) in [7, 11) is -3.32. The Balaban J connectivity index is 1.96. The maximum atomic E-state index is 12.6. The molecule has 0 saturated carbocycles. The highest BCUT2D eigenvalue weighted by Crippen LogP contribution is 2.47. The van der Waals surface area contributed by atoms with Gasteiger partial charge in [0.25, 0.3) is 0 Å². The first-order valence-corrected chi connectivity index (χ1v) is 10.2. The number of sulfone groups is 1. The second kappa shape index (κ2) is 5.31. The number of Topliss-reactive ketones (excluding diaryl/α,β-unsaturated/α-hetero) is 1. The molecule has 6 heteroatoms. The summed E-state index contributed by atoms with van der Waals surface area (Å²) >= 11 is 3.45. The van der Waals surface area contributed by atoms with Crippen LogP contribution >= 0.6 is 15.9 Å². The lowest BCUT2D eigenvalue weighted by atomic mass is 9.79. The van der Waals surface area contributed by atoms with Crippen LogP contribution in [0.25, 0.3) is 0 Å². The van der Waals surface area contributed by atoms with Crippen LogP contribution in [0.5, 0.6) is 0 Å². The second-order valence-electron chi connectivity index (χ2n) is 6.19. The van der Waals surface area contributed by atoms with Crippen LogP contribution in [0.4, 0.5) is 0 Å². The predicted molar refractivity (Wildman–Crippen MR) is 91.3 cm³/mol. The van der Waals surface area contributed by atoms with Crippen molar-refractivity contribution in [3.05, 3.63) is 56.2 Å². The van der Waals surface area contributed by atoms with Gasteiger partial charge in [0.1, 0.15) is 0 Å². The summed E-state index contributed by atoms with van der Waals surface area (Å²) in [6, 6.07) is 7.62. The van der Waals surface area contributed by atoms with E-state index in [1.807, 2.05) is 24.3 Å². The van der Waals surface area contributed by atoms with E-state index in [1.165, 1.54) is 0 Å². The van der Waals surface area contributed by atoms with E-state index in [2.05, 4.69) is 21.2 Å². The summed E-state index contributed by atoms with van der Waals surface area (Å²) in [4.78, 5) is 13.0. The van der Waals surface area contributed by atoms with Crippen LogP contribution in [0.3, 0.4) is 0 Å². The Morgan fingerprint density at radius 1 is 1.13 bits per heavy atom. The van der Waals surface area contributed by atoms with E-state index < -0.39 is 15.8 Å². The highest BCUT2D eigenvalue weighted by atomic mass is 79.9. The first kappa shape index (κ1) is 15.1. The van der Waals surface area contributed by atoms with Gasteiger partial charge in [-0.05, 0) is 30.5 Å². The molecule has 0 saturated heterocycles. The SMILES string of the molecule is O=C1CCCC2=C1C(c1cccc(Br)c1)C1=C(CCS1(=O)=O)N2. The van der Waals surface area contributed by atoms with Crippen molar-refractivity contribution in [2.45, 2.75) is 31.6 Å². The molecule has 23 heavy (non-hydrogen) atoms. The number of ketones is 1. The number of halogens is 1. The fourth-order valence-corrected chi connectivity index (χ4v) is 6.03. The summed E-state index contributed by atoms with van der Waals surface area (Å²) < 4.78 is 26.1. The fraction of sp³-hybridized carbons (Fsp3) is 0.353. The van der Waals surface area contributed by atoms with E-state index >= 15 is 0 Å². The Kier molecular flexibility index (Phi) is 3.50. The monoisotopic (exact) mass is 393 g/mol. The lowest BCUT2D eigenvalue weighted by Crippen LogP contribution is -2.32. The lowest BCUT2D eigenvalue weighted by Gasteiger charge is -2.33. The number of rotatable bonds is 1. The molecular formula is C17H16BrNO3S. The molecule has 4 nitrogen and oxygen atoms in total. The average molecular weight is 394 g/mol. The summed E-state index contributed by atoms with van der Waals surface area (Å²) in [5.74, 6) is -0.263. The molecule has 1 aliphatic carbocycles. The van der Waals surface area contributed by atoms with Gasteiger partial charge in [0, 0.05) is 34.3 Å². The summed E-state index contributed by atoms with van der Waals surface area (Å²) in [6.07, 6.45) is 2.63. The fourth-order valence-electron chi connectivity index (χ4n) is 3.78. The van der Waals surface area contributed by atoms with Crippen molar-refractivity contribution in [1.82, 2.24) is 5.32 Å². The van der Waals surface area contributed by atoms with E-state index in [4.69, 9.17) is 0 Å². The number of benzene rings is 1. The number of hydrogen-bond donors (Lipinski definition) is 1. The first-order valence-electron chi connectivity index (χ1n) is 7.72. The van der Waals surface area contributed by atoms with Crippen LogP contribution < -0.4 is 5.32 Å². The number of hydrogen-bond acceptors (Lipinski definition) is 4. The number of allylic oxidation sites excluding steroid dienone is 4. The molecule has 1 atom stereocenters. The van der Waals surface area contributed by atoms with Gasteiger partial charge in [0.05, 0.1) is 16.6 Å². The zero-order valence-corrected chi connectivity index (χ0v) is 14.8. The Morgan fingerprint density at radius 2 is 1.96 bits per heavy atom. The Morgan fingerprint density at radius 3 is 2.74 bits per heavy atom. The van der Waals surface area contributed by atoms with Gasteiger partial charge in [-0.1, -0.05) is 28.1 Å². The third-order valence-electron chi connectivity index (χ3n) is 4.74. The molecule has 2 aliphatic heterocycles. The van der Waals surface area contributed by atoms with Crippen molar-refractivity contribution in [2.24, 2.45) is 0 Å². The minimum absolute atomic E-state index is 0.0670. The van der Waals surface area contributed by atoms with Gasteiger partial charge >= 0.3 is 0 Å². The Hall–Kier alpha value is -1.40. The molecular weight excluding hydrogens is 378 g/mol. The van der Waals surface area contributed by atoms with Gasteiger partial charge in [0.2, 0.25) is 0 Å². The standard InChI is InChI=1S/C17H16BrNO3S/c18-11-4-1-3-10(9-11)15-16-12(5-2-6-14(16)20)19-13-7-8-23(21,22)17(13)15/h1,3-4,9,15,19H,2,5-8H2. The average Bonchev–Trinajstić information content (AvgIpc) is 2.81. The zero-order chi connectivity index (χ0) is 16.2. The predicted octanol–water partition coefficient (Wildman–Crippen LogP) is 3.17. The minimum Gasteiger partial charge on any atom is -0.361 e. The van der Waals surface area contributed by atoms with Gasteiger partial charge < -0.3 is 5.32 Å². The van der Waals surface area contributed by atoms with Gasteiger partial charge in [-0.15, -0.1) is 0 Å². The molecule has 1 unspecified atom stereocenters. The van der Waals surface area contributed by atoms with Crippen LogP contribution in [-0.2, 0) is 14.6 Å². The molecule has 1 aromatic rings. The van der Waals surface area contributed by atoms with Crippen LogP contribution in [0.2, 0.25) is 0 Å². The number of carbonyl (C=O) groups excluding carboxylic acids is 1. The molecule has 120 valence electrons. The Labute approximate surface area is 143 Å². The number of carbonyl (C=O) groups is 1. The largest absolute Gasteiger partial charge is 0.361 e. The molecule has 1 aromatic carbocycles. The molecule has 2 heterocycles. The normalized spacial score (nSPS) is 26.0. The van der Waals surface area contributed by atoms with E-state index in [0.717, 1.165) is 34.3 Å². The highest BCUT2D eigenvalue weighted by molar-refractivity contribution is 9.10. The van der Waals surface area contributed by atoms with Crippen molar-refractivity contribution in [1.29, 1.82) is 0 Å². The molecule has 0 aromatic heterocycles. The van der Waals surface area contributed by atoms with Gasteiger partial charge in [-0.25, -0.2) is 8.42 Å². The third-order valence-corrected chi connectivity index (χ3v) is 7.13. The Bertz CT molecular complexity index is 883. The maximum Gasteiger partial charge on any atom is 0.177 e. The third kappa shape index (κ3) is 2.39. The molecule has 3 aliphatic rings. The van der Waals surface area contributed by atoms with Crippen molar-refractivity contribution in [3.8, 4) is 0 Å². The molecule has 0 amide bonds. The molecule has 0 radical (unpaired) electrons. The number of nitrogens with one attached hydrogen (secondary N) is 1. The van der Waals surface area contributed by atoms with Crippen molar-refractivity contribution in [2.75, 3.05) is 5.75 Å². The van der Waals surface area contributed by atoms with Crippen LogP contribution in [0.15, 0.2) is 50.6 Å². The lowest BCUT2D eigenvalue weighted by molar-refractivity contribution is -0.116. The molecule has 1 N–H and O–H groups in total. The van der Waals surface area contributed by atoms with Gasteiger partial charge in [-0.2, -0.15) is 0 Å². The highest BCUT2D eigenvalue weighted by Gasteiger charge is 2.44. The van der Waals surface area contributed by atoms with Gasteiger partial charge in [0.15, 0.2) is 15.6 Å². The summed E-state index contributed by atoms with van der Waals surface area (Å²) in [5, 5.41) is 3.27. The minimum atomic E-state index is -3.32. The van der Waals surface area contributed by atoms with Crippen LogP contribution in [-0.4, -0.2) is 20.0 Å². The first-order chi connectivity index (χ1) is 11.0. The number of dihydropyridines is 1. The van der Waals surface area contributed by atoms with E-state index in [9.17, 15) is 13.2 Å². The van der Waals surface area contributed by atoms with Crippen molar-refractivity contribution < 1.29 is 13.2 Å². The quantitative estimate of drug-likeness (QED) is 0.795.